The number of anilines is 2. The summed E-state index contributed by atoms with van der Waals surface area (Å²) in [6, 6.07) is 0.337. The van der Waals surface area contributed by atoms with Gasteiger partial charge < -0.3 is 10.6 Å². The van der Waals surface area contributed by atoms with Crippen LogP contribution in [0.5, 0.6) is 0 Å². The molecule has 0 saturated carbocycles. The highest BCUT2D eigenvalue weighted by atomic mass is 32.2. The second-order valence-electron chi connectivity index (χ2n) is 4.63. The summed E-state index contributed by atoms with van der Waals surface area (Å²) >= 11 is 1.88. The molecule has 0 saturated heterocycles. The minimum absolute atomic E-state index is 0.337. The van der Waals surface area contributed by atoms with Gasteiger partial charge in [-0.15, -0.1) is 0 Å². The third-order valence-electron chi connectivity index (χ3n) is 2.80. The van der Waals surface area contributed by atoms with E-state index in [2.05, 4.69) is 37.1 Å². The first-order chi connectivity index (χ1) is 7.99. The molecule has 1 heterocycles. The van der Waals surface area contributed by atoms with Crippen molar-refractivity contribution in [3.05, 3.63) is 5.69 Å². The molecule has 1 rings (SSSR count). The standard InChI is InChI=1S/C12H24N4S/c1-9(2)16-12(11(13)10(3)14-16)15(4)7-6-8-17-5/h9H,6-8,13H2,1-5H3. The monoisotopic (exact) mass is 256 g/mol. The number of rotatable bonds is 6. The van der Waals surface area contributed by atoms with Crippen molar-refractivity contribution in [3.63, 3.8) is 0 Å². The Morgan fingerprint density at radius 1 is 1.47 bits per heavy atom. The number of thioether (sulfide) groups is 1. The molecule has 0 unspecified atom stereocenters. The number of aryl methyl sites for hydroxylation is 1. The van der Waals surface area contributed by atoms with Crippen LogP contribution in [0, 0.1) is 6.92 Å². The lowest BCUT2D eigenvalue weighted by atomic mass is 10.3. The third-order valence-corrected chi connectivity index (χ3v) is 3.50. The van der Waals surface area contributed by atoms with Gasteiger partial charge in [0.05, 0.1) is 11.4 Å². The second kappa shape index (κ2) is 6.19. The highest BCUT2D eigenvalue weighted by molar-refractivity contribution is 7.98. The van der Waals surface area contributed by atoms with Crippen LogP contribution < -0.4 is 10.6 Å². The molecule has 1 aromatic rings. The molecule has 0 aliphatic carbocycles. The van der Waals surface area contributed by atoms with E-state index in [1.807, 2.05) is 23.4 Å². The van der Waals surface area contributed by atoms with E-state index in [1.165, 1.54) is 12.2 Å². The van der Waals surface area contributed by atoms with Gasteiger partial charge in [0.25, 0.3) is 0 Å². The fourth-order valence-electron chi connectivity index (χ4n) is 1.84. The number of nitrogens with zero attached hydrogens (tertiary/aromatic N) is 3. The quantitative estimate of drug-likeness (QED) is 0.795. The fourth-order valence-corrected chi connectivity index (χ4v) is 2.26. The summed E-state index contributed by atoms with van der Waals surface area (Å²) in [6.07, 6.45) is 3.30. The predicted molar refractivity (Wildman–Crippen MR) is 78.0 cm³/mol. The number of hydrogen-bond donors (Lipinski definition) is 1. The Morgan fingerprint density at radius 3 is 2.65 bits per heavy atom. The Balaban J connectivity index is 2.87. The first-order valence-electron chi connectivity index (χ1n) is 6.03. The van der Waals surface area contributed by atoms with Crippen LogP contribution in [0.4, 0.5) is 11.5 Å². The van der Waals surface area contributed by atoms with Gasteiger partial charge in [-0.3, -0.25) is 0 Å². The Hall–Kier alpha value is -0.840. The molecule has 0 fully saturated rings. The van der Waals surface area contributed by atoms with E-state index in [0.29, 0.717) is 6.04 Å². The van der Waals surface area contributed by atoms with E-state index in [-0.39, 0.29) is 0 Å². The topological polar surface area (TPSA) is 47.1 Å². The summed E-state index contributed by atoms with van der Waals surface area (Å²) < 4.78 is 2.02. The van der Waals surface area contributed by atoms with Gasteiger partial charge in [0, 0.05) is 19.6 Å². The molecule has 0 radical (unpaired) electrons. The van der Waals surface area contributed by atoms with E-state index in [1.54, 1.807) is 0 Å². The van der Waals surface area contributed by atoms with Crippen molar-refractivity contribution in [2.45, 2.75) is 33.2 Å². The van der Waals surface area contributed by atoms with Crippen LogP contribution in [0.2, 0.25) is 0 Å². The SMILES string of the molecule is CSCCCN(C)c1c(N)c(C)nn1C(C)C. The van der Waals surface area contributed by atoms with Crippen molar-refractivity contribution in [2.75, 3.05) is 36.2 Å². The van der Waals surface area contributed by atoms with Crippen molar-refractivity contribution < 1.29 is 0 Å². The van der Waals surface area contributed by atoms with Crippen LogP contribution in [-0.2, 0) is 0 Å². The average molecular weight is 256 g/mol. The molecule has 0 aliphatic rings. The third kappa shape index (κ3) is 3.31. The minimum Gasteiger partial charge on any atom is -0.394 e. The maximum Gasteiger partial charge on any atom is 0.150 e. The predicted octanol–water partition coefficient (Wildman–Crippen LogP) is 2.54. The highest BCUT2D eigenvalue weighted by Gasteiger charge is 2.17. The molecule has 5 heteroatoms. The van der Waals surface area contributed by atoms with Gasteiger partial charge in [-0.2, -0.15) is 16.9 Å². The molecule has 17 heavy (non-hydrogen) atoms. The number of hydrogen-bond acceptors (Lipinski definition) is 4. The summed E-state index contributed by atoms with van der Waals surface area (Å²) in [7, 11) is 2.09. The lowest BCUT2D eigenvalue weighted by molar-refractivity contribution is 0.525. The van der Waals surface area contributed by atoms with Gasteiger partial charge >= 0.3 is 0 Å². The first kappa shape index (κ1) is 14.2. The fraction of sp³-hybridized carbons (Fsp3) is 0.750. The maximum atomic E-state index is 6.12. The average Bonchev–Trinajstić information content (AvgIpc) is 2.56. The number of aromatic nitrogens is 2. The zero-order chi connectivity index (χ0) is 13.0. The van der Waals surface area contributed by atoms with Gasteiger partial charge in [0.1, 0.15) is 0 Å². The Labute approximate surface area is 109 Å². The molecule has 0 spiro atoms. The lowest BCUT2D eigenvalue weighted by Crippen LogP contribution is -2.24. The summed E-state index contributed by atoms with van der Waals surface area (Å²) in [6.45, 7) is 7.24. The number of nitrogens with two attached hydrogens (primary N) is 1. The van der Waals surface area contributed by atoms with E-state index in [4.69, 9.17) is 5.73 Å². The molecule has 98 valence electrons. The molecule has 0 bridgehead atoms. The van der Waals surface area contributed by atoms with E-state index < -0.39 is 0 Å². The maximum absolute atomic E-state index is 6.12. The summed E-state index contributed by atoms with van der Waals surface area (Å²) in [4.78, 5) is 2.21. The zero-order valence-corrected chi connectivity index (χ0v) is 12.3. The number of nitrogen functional groups attached to an aromatic ring is 1. The van der Waals surface area contributed by atoms with Crippen LogP contribution in [0.25, 0.3) is 0 Å². The molecular weight excluding hydrogens is 232 g/mol. The lowest BCUT2D eigenvalue weighted by Gasteiger charge is -2.22. The van der Waals surface area contributed by atoms with Crippen molar-refractivity contribution in [1.29, 1.82) is 0 Å². The second-order valence-corrected chi connectivity index (χ2v) is 5.61. The normalized spacial score (nSPS) is 11.2. The van der Waals surface area contributed by atoms with Crippen LogP contribution in [0.1, 0.15) is 32.0 Å². The smallest absolute Gasteiger partial charge is 0.150 e. The van der Waals surface area contributed by atoms with E-state index in [0.717, 1.165) is 23.7 Å². The van der Waals surface area contributed by atoms with Crippen molar-refractivity contribution in [1.82, 2.24) is 9.78 Å². The molecule has 4 nitrogen and oxygen atoms in total. The zero-order valence-electron chi connectivity index (χ0n) is 11.5. The largest absolute Gasteiger partial charge is 0.394 e. The van der Waals surface area contributed by atoms with Gasteiger partial charge in [-0.05, 0) is 39.2 Å². The molecule has 0 aliphatic heterocycles. The van der Waals surface area contributed by atoms with Gasteiger partial charge in [0.2, 0.25) is 0 Å². The van der Waals surface area contributed by atoms with Crippen molar-refractivity contribution >= 4 is 23.3 Å². The van der Waals surface area contributed by atoms with Gasteiger partial charge in [0.15, 0.2) is 5.82 Å². The molecule has 0 atom stereocenters. The molecule has 1 aromatic heterocycles. The van der Waals surface area contributed by atoms with Gasteiger partial charge in [-0.1, -0.05) is 0 Å². The Morgan fingerprint density at radius 2 is 2.12 bits per heavy atom. The van der Waals surface area contributed by atoms with E-state index in [9.17, 15) is 0 Å². The van der Waals surface area contributed by atoms with Crippen LogP contribution >= 0.6 is 11.8 Å². The first-order valence-corrected chi connectivity index (χ1v) is 7.43. The molecular formula is C12H24N4S. The Bertz CT molecular complexity index is 360. The van der Waals surface area contributed by atoms with Crippen LogP contribution in [0.3, 0.4) is 0 Å². The van der Waals surface area contributed by atoms with Crippen molar-refractivity contribution in [2.24, 2.45) is 0 Å². The molecule has 0 aromatic carbocycles. The summed E-state index contributed by atoms with van der Waals surface area (Å²) in [5, 5.41) is 4.50. The van der Waals surface area contributed by atoms with E-state index >= 15 is 0 Å². The molecule has 2 N–H and O–H groups in total. The molecule has 0 amide bonds. The van der Waals surface area contributed by atoms with Crippen molar-refractivity contribution in [3.8, 4) is 0 Å². The summed E-state index contributed by atoms with van der Waals surface area (Å²) in [5.41, 5.74) is 7.85. The van der Waals surface area contributed by atoms with Gasteiger partial charge in [-0.25, -0.2) is 4.68 Å². The Kier molecular flexibility index (Phi) is 5.18. The minimum atomic E-state index is 0.337. The van der Waals surface area contributed by atoms with Crippen LogP contribution in [-0.4, -0.2) is 35.4 Å². The van der Waals surface area contributed by atoms with Crippen LogP contribution in [0.15, 0.2) is 0 Å². The summed E-state index contributed by atoms with van der Waals surface area (Å²) in [5.74, 6) is 2.23. The highest BCUT2D eigenvalue weighted by Crippen LogP contribution is 2.28.